The third kappa shape index (κ3) is 4.34. The Labute approximate surface area is 192 Å². The van der Waals surface area contributed by atoms with Crippen LogP contribution in [0, 0.1) is 0 Å². The number of thiophene rings is 1. The Hall–Kier alpha value is -3.65. The Bertz CT molecular complexity index is 1380. The second kappa shape index (κ2) is 8.71. The van der Waals surface area contributed by atoms with Crippen molar-refractivity contribution in [3.63, 3.8) is 0 Å². The van der Waals surface area contributed by atoms with E-state index in [9.17, 15) is 13.2 Å². The van der Waals surface area contributed by atoms with Crippen LogP contribution in [-0.2, 0) is 12.6 Å². The minimum absolute atomic E-state index is 0.389. The maximum absolute atomic E-state index is 13.3. The van der Waals surface area contributed by atoms with Crippen LogP contribution in [0.2, 0.25) is 0 Å². The number of hydrogen-bond donors (Lipinski definition) is 1. The van der Waals surface area contributed by atoms with Crippen LogP contribution in [-0.4, -0.2) is 21.1 Å². The summed E-state index contributed by atoms with van der Waals surface area (Å²) < 4.78 is 41.7. The molecule has 0 fully saturated rings. The summed E-state index contributed by atoms with van der Waals surface area (Å²) >= 11 is 1.70. The summed E-state index contributed by atoms with van der Waals surface area (Å²) in [6.07, 6.45) is -0.313. The monoisotopic (exact) mass is 464 g/mol. The number of benzene rings is 2. The van der Waals surface area contributed by atoms with Gasteiger partial charge in [0.25, 0.3) is 0 Å². The molecule has 3 aromatic heterocycles. The highest BCUT2D eigenvalue weighted by atomic mass is 32.1. The normalized spacial score (nSPS) is 11.7. The number of anilines is 1. The number of alkyl halides is 3. The second-order valence-corrected chi connectivity index (χ2v) is 8.54. The van der Waals surface area contributed by atoms with Crippen LogP contribution in [0.5, 0.6) is 0 Å². The van der Waals surface area contributed by atoms with Crippen LogP contribution in [0.25, 0.3) is 27.8 Å². The molecule has 2 aromatic carbocycles. The molecule has 0 amide bonds. The molecular formula is C25H19F3N4S. The molecule has 5 aromatic rings. The first-order chi connectivity index (χ1) is 16.0. The van der Waals surface area contributed by atoms with Crippen LogP contribution in [0.3, 0.4) is 0 Å². The van der Waals surface area contributed by atoms with E-state index >= 15 is 0 Å². The molecule has 0 radical (unpaired) electrons. The number of nitrogens with zero attached hydrogens (tertiary/aromatic N) is 3. The predicted molar refractivity (Wildman–Crippen MR) is 126 cm³/mol. The van der Waals surface area contributed by atoms with E-state index in [4.69, 9.17) is 0 Å². The van der Waals surface area contributed by atoms with Crippen molar-refractivity contribution in [2.24, 2.45) is 0 Å². The molecule has 4 nitrogen and oxygen atoms in total. The SMILES string of the molecule is FC(F)(F)c1cccc(-n2cc(-c3ccccc3)c3c(NCCc4cccs4)ncnc32)c1. The topological polar surface area (TPSA) is 42.7 Å². The van der Waals surface area contributed by atoms with Crippen molar-refractivity contribution in [2.75, 3.05) is 11.9 Å². The summed E-state index contributed by atoms with van der Waals surface area (Å²) in [4.78, 5) is 10.2. The molecule has 0 bridgehead atoms. The number of nitrogens with one attached hydrogen (secondary N) is 1. The Kier molecular flexibility index (Phi) is 5.60. The van der Waals surface area contributed by atoms with Gasteiger partial charge in [-0.15, -0.1) is 11.3 Å². The van der Waals surface area contributed by atoms with Crippen molar-refractivity contribution in [1.82, 2.24) is 14.5 Å². The fraction of sp³-hybridized carbons (Fsp3) is 0.120. The first-order valence-corrected chi connectivity index (χ1v) is 11.2. The van der Waals surface area contributed by atoms with E-state index in [0.29, 0.717) is 23.7 Å². The minimum atomic E-state index is -4.43. The molecule has 0 aliphatic carbocycles. The Balaban J connectivity index is 1.62. The molecule has 0 spiro atoms. The molecule has 0 saturated carbocycles. The molecule has 0 aliphatic heterocycles. The Morgan fingerprint density at radius 3 is 2.55 bits per heavy atom. The van der Waals surface area contributed by atoms with Gasteiger partial charge in [0.2, 0.25) is 0 Å². The molecule has 0 unspecified atom stereocenters. The van der Waals surface area contributed by atoms with E-state index in [1.54, 1.807) is 22.0 Å². The van der Waals surface area contributed by atoms with Crippen LogP contribution in [0.1, 0.15) is 10.4 Å². The van der Waals surface area contributed by atoms with Gasteiger partial charge in [-0.05, 0) is 41.6 Å². The predicted octanol–water partition coefficient (Wildman–Crippen LogP) is 6.82. The first-order valence-electron chi connectivity index (χ1n) is 10.4. The van der Waals surface area contributed by atoms with Gasteiger partial charge in [0.1, 0.15) is 12.1 Å². The molecule has 0 saturated heterocycles. The van der Waals surface area contributed by atoms with E-state index in [2.05, 4.69) is 21.4 Å². The van der Waals surface area contributed by atoms with Crippen molar-refractivity contribution in [1.29, 1.82) is 0 Å². The number of fused-ring (bicyclic) bond motifs is 1. The average Bonchev–Trinajstić information content (AvgIpc) is 3.48. The third-order valence-corrected chi connectivity index (χ3v) is 6.30. The van der Waals surface area contributed by atoms with Crippen molar-refractivity contribution in [3.8, 4) is 16.8 Å². The van der Waals surface area contributed by atoms with E-state index in [0.717, 1.165) is 35.1 Å². The van der Waals surface area contributed by atoms with Crippen LogP contribution >= 0.6 is 11.3 Å². The summed E-state index contributed by atoms with van der Waals surface area (Å²) in [5, 5.41) is 6.21. The third-order valence-electron chi connectivity index (χ3n) is 5.36. The fourth-order valence-electron chi connectivity index (χ4n) is 3.82. The van der Waals surface area contributed by atoms with Crippen LogP contribution < -0.4 is 5.32 Å². The van der Waals surface area contributed by atoms with Gasteiger partial charge >= 0.3 is 6.18 Å². The number of aromatic nitrogens is 3. The minimum Gasteiger partial charge on any atom is -0.369 e. The van der Waals surface area contributed by atoms with Gasteiger partial charge in [0.15, 0.2) is 5.65 Å². The highest BCUT2D eigenvalue weighted by molar-refractivity contribution is 7.09. The summed E-state index contributed by atoms with van der Waals surface area (Å²) in [7, 11) is 0. The van der Waals surface area contributed by atoms with E-state index in [1.807, 2.05) is 48.0 Å². The zero-order valence-electron chi connectivity index (χ0n) is 17.4. The quantitative estimate of drug-likeness (QED) is 0.300. The zero-order valence-corrected chi connectivity index (χ0v) is 18.2. The summed E-state index contributed by atoms with van der Waals surface area (Å²) in [6.45, 7) is 0.676. The van der Waals surface area contributed by atoms with Crippen molar-refractivity contribution < 1.29 is 13.2 Å². The van der Waals surface area contributed by atoms with Crippen molar-refractivity contribution >= 4 is 28.2 Å². The largest absolute Gasteiger partial charge is 0.416 e. The summed E-state index contributed by atoms with van der Waals surface area (Å²) in [5.74, 6) is 0.654. The second-order valence-electron chi connectivity index (χ2n) is 7.50. The smallest absolute Gasteiger partial charge is 0.369 e. The average molecular weight is 465 g/mol. The standard InChI is InChI=1S/C25H19F3N4S/c26-25(27,28)18-8-4-9-19(14-18)32-15-21(17-6-2-1-3-7-17)22-23(30-16-31-24(22)32)29-12-11-20-10-5-13-33-20/h1-10,13-16H,11-12H2,(H,29,30,31). The molecule has 3 heterocycles. The van der Waals surface area contributed by atoms with Gasteiger partial charge in [-0.2, -0.15) is 13.2 Å². The zero-order chi connectivity index (χ0) is 22.8. The Morgan fingerprint density at radius 1 is 0.939 bits per heavy atom. The molecule has 5 rings (SSSR count). The number of halogens is 3. The lowest BCUT2D eigenvalue weighted by molar-refractivity contribution is -0.137. The van der Waals surface area contributed by atoms with Gasteiger partial charge in [0.05, 0.1) is 10.9 Å². The Morgan fingerprint density at radius 2 is 1.79 bits per heavy atom. The van der Waals surface area contributed by atoms with E-state index in [1.165, 1.54) is 17.3 Å². The highest BCUT2D eigenvalue weighted by Gasteiger charge is 2.30. The molecule has 0 atom stereocenters. The molecule has 1 N–H and O–H groups in total. The van der Waals surface area contributed by atoms with Crippen molar-refractivity contribution in [2.45, 2.75) is 12.6 Å². The van der Waals surface area contributed by atoms with E-state index in [-0.39, 0.29) is 0 Å². The maximum atomic E-state index is 13.3. The lowest BCUT2D eigenvalue weighted by Crippen LogP contribution is -2.07. The molecule has 166 valence electrons. The number of rotatable bonds is 6. The summed E-state index contributed by atoms with van der Waals surface area (Å²) in [6, 6.07) is 19.1. The van der Waals surface area contributed by atoms with Gasteiger partial charge in [-0.25, -0.2) is 9.97 Å². The fourth-order valence-corrected chi connectivity index (χ4v) is 4.53. The van der Waals surface area contributed by atoms with Crippen LogP contribution in [0.15, 0.2) is 84.6 Å². The van der Waals surface area contributed by atoms with Gasteiger partial charge in [0, 0.05) is 28.9 Å². The molecule has 33 heavy (non-hydrogen) atoms. The van der Waals surface area contributed by atoms with Crippen LogP contribution in [0.4, 0.5) is 19.0 Å². The van der Waals surface area contributed by atoms with E-state index < -0.39 is 11.7 Å². The lowest BCUT2D eigenvalue weighted by Gasteiger charge is -2.10. The number of hydrogen-bond acceptors (Lipinski definition) is 4. The summed E-state index contributed by atoms with van der Waals surface area (Å²) in [5.41, 5.74) is 2.01. The molecule has 0 aliphatic rings. The van der Waals surface area contributed by atoms with Crippen molar-refractivity contribution in [3.05, 3.63) is 95.1 Å². The molecular weight excluding hydrogens is 445 g/mol. The van der Waals surface area contributed by atoms with Gasteiger partial charge < -0.3 is 9.88 Å². The highest BCUT2D eigenvalue weighted by Crippen LogP contribution is 2.36. The van der Waals surface area contributed by atoms with Gasteiger partial charge in [-0.3, -0.25) is 0 Å². The van der Waals surface area contributed by atoms with Gasteiger partial charge in [-0.1, -0.05) is 42.5 Å². The lowest BCUT2D eigenvalue weighted by atomic mass is 10.1. The maximum Gasteiger partial charge on any atom is 0.416 e. The first kappa shape index (κ1) is 21.2. The molecule has 8 heteroatoms.